The number of rotatable bonds is 8. The molecule has 122 valence electrons. The normalized spacial score (nSPS) is 17.1. The van der Waals surface area contributed by atoms with E-state index in [1.54, 1.807) is 0 Å². The minimum Gasteiger partial charge on any atom is -0.492 e. The Hall–Kier alpha value is -1.59. The monoisotopic (exact) mass is 306 g/mol. The lowest BCUT2D eigenvalue weighted by Crippen LogP contribution is -2.43. The lowest BCUT2D eigenvalue weighted by atomic mass is 10.2. The van der Waals surface area contributed by atoms with E-state index < -0.39 is 0 Å². The van der Waals surface area contributed by atoms with Gasteiger partial charge in [0.25, 0.3) is 0 Å². The summed E-state index contributed by atoms with van der Waals surface area (Å²) < 4.78 is 5.51. The van der Waals surface area contributed by atoms with Gasteiger partial charge in [0, 0.05) is 6.54 Å². The van der Waals surface area contributed by atoms with Gasteiger partial charge in [0.05, 0.1) is 24.4 Å². The van der Waals surface area contributed by atoms with Gasteiger partial charge in [-0.25, -0.2) is 0 Å². The average Bonchev–Trinajstić information content (AvgIpc) is 3.33. The van der Waals surface area contributed by atoms with Crippen molar-refractivity contribution in [2.24, 2.45) is 5.92 Å². The van der Waals surface area contributed by atoms with Gasteiger partial charge in [0.2, 0.25) is 5.91 Å². The maximum atomic E-state index is 12.4. The Morgan fingerprint density at radius 2 is 2.14 bits per heavy atom. The summed E-state index contributed by atoms with van der Waals surface area (Å²) in [6.07, 6.45) is 1.85. The van der Waals surface area contributed by atoms with Crippen molar-refractivity contribution in [2.45, 2.75) is 38.8 Å². The van der Waals surface area contributed by atoms with Crippen molar-refractivity contribution in [1.82, 2.24) is 4.90 Å². The molecule has 5 heteroatoms. The standard InChI is InChI=1S/C17H26N2O3/c1-4-22-16-8-6-5-7-14(16)18-17(21)12(2)19(3)11-15(20)13-9-10-13/h5-8,12-13,15,20H,4,9-11H2,1-3H3,(H,18,21). The van der Waals surface area contributed by atoms with Gasteiger partial charge in [0.1, 0.15) is 5.75 Å². The number of hydrogen-bond acceptors (Lipinski definition) is 4. The first-order valence-corrected chi connectivity index (χ1v) is 7.94. The van der Waals surface area contributed by atoms with Crippen LogP contribution < -0.4 is 10.1 Å². The molecule has 0 spiro atoms. The van der Waals surface area contributed by atoms with Gasteiger partial charge in [-0.05, 0) is 51.8 Å². The summed E-state index contributed by atoms with van der Waals surface area (Å²) in [7, 11) is 1.87. The van der Waals surface area contributed by atoms with Gasteiger partial charge >= 0.3 is 0 Å². The highest BCUT2D eigenvalue weighted by atomic mass is 16.5. The number of likely N-dealkylation sites (N-methyl/N-ethyl adjacent to an activating group) is 1. The number of para-hydroxylation sites is 2. The van der Waals surface area contributed by atoms with E-state index in [0.29, 0.717) is 30.5 Å². The predicted octanol–water partition coefficient (Wildman–Crippen LogP) is 2.12. The van der Waals surface area contributed by atoms with Crippen molar-refractivity contribution in [3.8, 4) is 5.75 Å². The highest BCUT2D eigenvalue weighted by molar-refractivity contribution is 5.95. The van der Waals surface area contributed by atoms with E-state index in [9.17, 15) is 9.90 Å². The minimum absolute atomic E-state index is 0.0994. The van der Waals surface area contributed by atoms with Crippen molar-refractivity contribution in [1.29, 1.82) is 0 Å². The van der Waals surface area contributed by atoms with Gasteiger partial charge in [-0.1, -0.05) is 12.1 Å². The van der Waals surface area contributed by atoms with Crippen LogP contribution in [0.15, 0.2) is 24.3 Å². The summed E-state index contributed by atoms with van der Waals surface area (Å²) in [5.74, 6) is 0.986. The molecule has 1 aliphatic rings. The summed E-state index contributed by atoms with van der Waals surface area (Å²) in [5, 5.41) is 12.9. The number of aliphatic hydroxyl groups is 1. The van der Waals surface area contributed by atoms with Crippen LogP contribution in [0, 0.1) is 5.92 Å². The second-order valence-electron chi connectivity index (χ2n) is 5.94. The van der Waals surface area contributed by atoms with E-state index in [-0.39, 0.29) is 18.1 Å². The molecule has 2 atom stereocenters. The topological polar surface area (TPSA) is 61.8 Å². The fourth-order valence-electron chi connectivity index (χ4n) is 2.37. The Balaban J connectivity index is 1.92. The number of aliphatic hydroxyl groups excluding tert-OH is 1. The Labute approximate surface area is 132 Å². The molecular formula is C17H26N2O3. The van der Waals surface area contributed by atoms with Crippen LogP contribution >= 0.6 is 0 Å². The number of ether oxygens (including phenoxy) is 1. The number of benzene rings is 1. The van der Waals surface area contributed by atoms with E-state index in [4.69, 9.17) is 4.74 Å². The highest BCUT2D eigenvalue weighted by Gasteiger charge is 2.32. The van der Waals surface area contributed by atoms with Crippen LogP contribution in [0.1, 0.15) is 26.7 Å². The summed E-state index contributed by atoms with van der Waals surface area (Å²) >= 11 is 0. The van der Waals surface area contributed by atoms with Crippen molar-refractivity contribution in [2.75, 3.05) is 25.5 Å². The Morgan fingerprint density at radius 1 is 1.45 bits per heavy atom. The highest BCUT2D eigenvalue weighted by Crippen LogP contribution is 2.33. The first kappa shape index (κ1) is 16.8. The Morgan fingerprint density at radius 3 is 2.77 bits per heavy atom. The molecule has 1 aromatic rings. The van der Waals surface area contributed by atoms with Crippen LogP contribution in [0.4, 0.5) is 5.69 Å². The Kier molecular flexibility index (Phi) is 5.80. The van der Waals surface area contributed by atoms with Crippen LogP contribution in [-0.2, 0) is 4.79 Å². The molecule has 0 aliphatic heterocycles. The lowest BCUT2D eigenvalue weighted by molar-refractivity contribution is -0.120. The number of nitrogens with zero attached hydrogens (tertiary/aromatic N) is 1. The smallest absolute Gasteiger partial charge is 0.241 e. The fraction of sp³-hybridized carbons (Fsp3) is 0.588. The molecular weight excluding hydrogens is 280 g/mol. The maximum Gasteiger partial charge on any atom is 0.241 e. The second kappa shape index (κ2) is 7.61. The number of carbonyl (C=O) groups is 1. The molecule has 22 heavy (non-hydrogen) atoms. The zero-order valence-electron chi connectivity index (χ0n) is 13.6. The number of hydrogen-bond donors (Lipinski definition) is 2. The van der Waals surface area contributed by atoms with Crippen LogP contribution in [0.5, 0.6) is 5.75 Å². The molecule has 2 unspecified atom stereocenters. The van der Waals surface area contributed by atoms with Crippen LogP contribution in [0.3, 0.4) is 0 Å². The average molecular weight is 306 g/mol. The quantitative estimate of drug-likeness (QED) is 0.772. The minimum atomic E-state index is -0.337. The number of nitrogens with one attached hydrogen (secondary N) is 1. The third-order valence-corrected chi connectivity index (χ3v) is 4.13. The molecule has 0 radical (unpaired) electrons. The zero-order chi connectivity index (χ0) is 16.1. The van der Waals surface area contributed by atoms with E-state index in [1.165, 1.54) is 0 Å². The largest absolute Gasteiger partial charge is 0.492 e. The molecule has 0 bridgehead atoms. The van der Waals surface area contributed by atoms with E-state index >= 15 is 0 Å². The molecule has 1 fully saturated rings. The van der Waals surface area contributed by atoms with Gasteiger partial charge in [-0.15, -0.1) is 0 Å². The third kappa shape index (κ3) is 4.45. The summed E-state index contributed by atoms with van der Waals surface area (Å²) in [6, 6.07) is 7.09. The molecule has 1 aromatic carbocycles. The first-order valence-electron chi connectivity index (χ1n) is 7.94. The maximum absolute atomic E-state index is 12.4. The van der Waals surface area contributed by atoms with Crippen molar-refractivity contribution in [3.63, 3.8) is 0 Å². The summed E-state index contributed by atoms with van der Waals surface area (Å²) in [6.45, 7) is 4.83. The second-order valence-corrected chi connectivity index (χ2v) is 5.94. The van der Waals surface area contributed by atoms with Gasteiger partial charge in [-0.3, -0.25) is 9.69 Å². The molecule has 1 aliphatic carbocycles. The van der Waals surface area contributed by atoms with Crippen LogP contribution in [0.2, 0.25) is 0 Å². The van der Waals surface area contributed by atoms with Crippen molar-refractivity contribution < 1.29 is 14.6 Å². The van der Waals surface area contributed by atoms with Crippen LogP contribution in [0.25, 0.3) is 0 Å². The Bertz CT molecular complexity index is 502. The van der Waals surface area contributed by atoms with Crippen molar-refractivity contribution >= 4 is 11.6 Å². The molecule has 1 amide bonds. The first-order chi connectivity index (χ1) is 10.5. The zero-order valence-corrected chi connectivity index (χ0v) is 13.6. The third-order valence-electron chi connectivity index (χ3n) is 4.13. The molecule has 0 aromatic heterocycles. The SMILES string of the molecule is CCOc1ccccc1NC(=O)C(C)N(C)CC(O)C1CC1. The lowest BCUT2D eigenvalue weighted by Gasteiger charge is -2.26. The predicted molar refractivity (Wildman–Crippen MR) is 87.1 cm³/mol. The molecule has 5 nitrogen and oxygen atoms in total. The summed E-state index contributed by atoms with van der Waals surface area (Å²) in [5.41, 5.74) is 0.678. The molecule has 1 saturated carbocycles. The number of anilines is 1. The van der Waals surface area contributed by atoms with Gasteiger partial charge < -0.3 is 15.2 Å². The summed E-state index contributed by atoms with van der Waals surface area (Å²) in [4.78, 5) is 14.3. The van der Waals surface area contributed by atoms with E-state index in [2.05, 4.69) is 5.32 Å². The van der Waals surface area contributed by atoms with Gasteiger partial charge in [-0.2, -0.15) is 0 Å². The van der Waals surface area contributed by atoms with Gasteiger partial charge in [0.15, 0.2) is 0 Å². The number of amides is 1. The molecule has 0 heterocycles. The van der Waals surface area contributed by atoms with Crippen molar-refractivity contribution in [3.05, 3.63) is 24.3 Å². The van der Waals surface area contributed by atoms with E-state index in [1.807, 2.05) is 50.1 Å². The molecule has 2 N–H and O–H groups in total. The molecule has 2 rings (SSSR count). The fourth-order valence-corrected chi connectivity index (χ4v) is 2.37. The van der Waals surface area contributed by atoms with E-state index in [0.717, 1.165) is 12.8 Å². The van der Waals surface area contributed by atoms with Crippen LogP contribution in [-0.4, -0.2) is 48.3 Å². The molecule has 0 saturated heterocycles. The number of carbonyl (C=O) groups excluding carboxylic acids is 1.